The molecule has 2 N–H and O–H groups in total. The largest absolute Gasteiger partial charge is 0.493 e. The smallest absolute Gasteiger partial charge is 0.223 e. The van der Waals surface area contributed by atoms with Gasteiger partial charge in [-0.1, -0.05) is 18.2 Å². The SMILES string of the molecule is COc1cccc2cc(C(C)NC(=O)CC(NC(C)=O)c3cccs3)oc12. The van der Waals surface area contributed by atoms with E-state index in [4.69, 9.17) is 9.15 Å². The molecule has 0 radical (unpaired) electrons. The third kappa shape index (κ3) is 4.49. The first kappa shape index (κ1) is 19.0. The van der Waals surface area contributed by atoms with Crippen LogP contribution < -0.4 is 15.4 Å². The fraction of sp³-hybridized carbons (Fsp3) is 0.300. The summed E-state index contributed by atoms with van der Waals surface area (Å²) in [7, 11) is 1.59. The van der Waals surface area contributed by atoms with Crippen molar-refractivity contribution < 1.29 is 18.7 Å². The number of rotatable bonds is 7. The minimum atomic E-state index is -0.342. The van der Waals surface area contributed by atoms with Crippen LogP contribution in [0.4, 0.5) is 0 Å². The van der Waals surface area contributed by atoms with Gasteiger partial charge in [0.25, 0.3) is 0 Å². The lowest BCUT2D eigenvalue weighted by molar-refractivity contribution is -0.123. The molecule has 0 bridgehead atoms. The number of benzene rings is 1. The van der Waals surface area contributed by atoms with Gasteiger partial charge in [0, 0.05) is 17.2 Å². The van der Waals surface area contributed by atoms with Crippen LogP contribution in [0.3, 0.4) is 0 Å². The number of furan rings is 1. The summed E-state index contributed by atoms with van der Waals surface area (Å²) in [5, 5.41) is 8.61. The number of ether oxygens (including phenoxy) is 1. The molecule has 0 spiro atoms. The molecule has 2 aromatic heterocycles. The van der Waals surface area contributed by atoms with E-state index < -0.39 is 0 Å². The Labute approximate surface area is 161 Å². The lowest BCUT2D eigenvalue weighted by atomic mass is 10.1. The fourth-order valence-corrected chi connectivity index (χ4v) is 3.72. The van der Waals surface area contributed by atoms with Gasteiger partial charge in [-0.3, -0.25) is 9.59 Å². The number of nitrogens with one attached hydrogen (secondary N) is 2. The second-order valence-electron chi connectivity index (χ2n) is 6.29. The van der Waals surface area contributed by atoms with Crippen LogP contribution in [-0.2, 0) is 9.59 Å². The Balaban J connectivity index is 1.70. The van der Waals surface area contributed by atoms with Crippen LogP contribution in [0, 0.1) is 0 Å². The molecule has 3 rings (SSSR count). The number of carbonyl (C=O) groups excluding carboxylic acids is 2. The van der Waals surface area contributed by atoms with Crippen LogP contribution in [0.2, 0.25) is 0 Å². The average molecular weight is 386 g/mol. The topological polar surface area (TPSA) is 80.6 Å². The number of thiophene rings is 1. The van der Waals surface area contributed by atoms with Crippen LogP contribution in [0.5, 0.6) is 5.75 Å². The third-order valence-corrected chi connectivity index (χ3v) is 5.19. The minimum absolute atomic E-state index is 0.161. The molecule has 142 valence electrons. The standard InChI is InChI=1S/C20H22N2O4S/c1-12(17-10-14-6-4-7-16(25-3)20(14)26-17)21-19(24)11-15(22-13(2)23)18-8-5-9-27-18/h4-10,12,15H,11H2,1-3H3,(H,21,24)(H,22,23). The van der Waals surface area contributed by atoms with Crippen molar-refractivity contribution in [1.29, 1.82) is 0 Å². The number of hydrogen-bond acceptors (Lipinski definition) is 5. The van der Waals surface area contributed by atoms with E-state index in [1.54, 1.807) is 7.11 Å². The Bertz CT molecular complexity index is 933. The van der Waals surface area contributed by atoms with Gasteiger partial charge < -0.3 is 19.8 Å². The zero-order valence-electron chi connectivity index (χ0n) is 15.4. The van der Waals surface area contributed by atoms with E-state index in [1.807, 2.05) is 48.7 Å². The monoisotopic (exact) mass is 386 g/mol. The Hall–Kier alpha value is -2.80. The van der Waals surface area contributed by atoms with Gasteiger partial charge in [-0.25, -0.2) is 0 Å². The Morgan fingerprint density at radius 2 is 2.04 bits per heavy atom. The maximum atomic E-state index is 12.5. The van der Waals surface area contributed by atoms with Crippen molar-refractivity contribution >= 4 is 34.1 Å². The fourth-order valence-electron chi connectivity index (χ4n) is 2.94. The van der Waals surface area contributed by atoms with Crippen LogP contribution in [0.15, 0.2) is 46.2 Å². The Morgan fingerprint density at radius 3 is 2.70 bits per heavy atom. The van der Waals surface area contributed by atoms with Crippen LogP contribution >= 0.6 is 11.3 Å². The highest BCUT2D eigenvalue weighted by Crippen LogP contribution is 2.31. The summed E-state index contributed by atoms with van der Waals surface area (Å²) in [5.41, 5.74) is 0.658. The number of carbonyl (C=O) groups is 2. The van der Waals surface area contributed by atoms with Gasteiger partial charge in [-0.15, -0.1) is 11.3 Å². The van der Waals surface area contributed by atoms with Crippen LogP contribution in [-0.4, -0.2) is 18.9 Å². The summed E-state index contributed by atoms with van der Waals surface area (Å²) in [4.78, 5) is 24.9. The molecular formula is C20H22N2O4S. The van der Waals surface area contributed by atoms with Gasteiger partial charge >= 0.3 is 0 Å². The number of amides is 2. The Morgan fingerprint density at radius 1 is 1.22 bits per heavy atom. The molecule has 0 aliphatic carbocycles. The molecule has 2 amide bonds. The number of fused-ring (bicyclic) bond motifs is 1. The third-order valence-electron chi connectivity index (χ3n) is 4.20. The first-order valence-electron chi connectivity index (χ1n) is 8.64. The maximum absolute atomic E-state index is 12.5. The average Bonchev–Trinajstić information content (AvgIpc) is 3.29. The van der Waals surface area contributed by atoms with Gasteiger partial charge in [0.15, 0.2) is 11.3 Å². The molecule has 3 aromatic rings. The molecule has 0 aliphatic rings. The van der Waals surface area contributed by atoms with Gasteiger partial charge in [-0.2, -0.15) is 0 Å². The number of hydrogen-bond donors (Lipinski definition) is 2. The second-order valence-corrected chi connectivity index (χ2v) is 7.27. The van der Waals surface area contributed by atoms with Crippen molar-refractivity contribution in [1.82, 2.24) is 10.6 Å². The molecule has 0 saturated carbocycles. The van der Waals surface area contributed by atoms with Crippen LogP contribution in [0.25, 0.3) is 11.0 Å². The summed E-state index contributed by atoms with van der Waals surface area (Å²) < 4.78 is 11.2. The quantitative estimate of drug-likeness (QED) is 0.644. The lowest BCUT2D eigenvalue weighted by Gasteiger charge is -2.18. The molecule has 6 nitrogen and oxygen atoms in total. The first-order valence-corrected chi connectivity index (χ1v) is 9.52. The molecule has 7 heteroatoms. The van der Waals surface area contributed by atoms with Gasteiger partial charge in [0.1, 0.15) is 5.76 Å². The van der Waals surface area contributed by atoms with Crippen molar-refractivity contribution in [2.24, 2.45) is 0 Å². The summed E-state index contributed by atoms with van der Waals surface area (Å²) in [5.74, 6) is 0.969. The summed E-state index contributed by atoms with van der Waals surface area (Å²) in [6.07, 6.45) is 0.161. The minimum Gasteiger partial charge on any atom is -0.493 e. The van der Waals surface area contributed by atoms with E-state index >= 15 is 0 Å². The zero-order chi connectivity index (χ0) is 19.4. The van der Waals surface area contributed by atoms with Crippen molar-refractivity contribution in [3.05, 3.63) is 52.4 Å². The number of para-hydroxylation sites is 1. The van der Waals surface area contributed by atoms with Crippen molar-refractivity contribution in [3.63, 3.8) is 0 Å². The van der Waals surface area contributed by atoms with E-state index in [2.05, 4.69) is 10.6 Å². The van der Waals surface area contributed by atoms with Gasteiger partial charge in [-0.05, 0) is 30.5 Å². The molecule has 27 heavy (non-hydrogen) atoms. The highest BCUT2D eigenvalue weighted by atomic mass is 32.1. The zero-order valence-corrected chi connectivity index (χ0v) is 16.3. The van der Waals surface area contributed by atoms with Crippen LogP contribution in [0.1, 0.15) is 43.0 Å². The number of methoxy groups -OCH3 is 1. The highest BCUT2D eigenvalue weighted by molar-refractivity contribution is 7.10. The second kappa shape index (κ2) is 8.26. The summed E-state index contributed by atoms with van der Waals surface area (Å²) in [6.45, 7) is 3.31. The molecular weight excluding hydrogens is 364 g/mol. The summed E-state index contributed by atoms with van der Waals surface area (Å²) >= 11 is 1.51. The van der Waals surface area contributed by atoms with E-state index in [9.17, 15) is 9.59 Å². The molecule has 2 atom stereocenters. The first-order chi connectivity index (χ1) is 13.0. The van der Waals surface area contributed by atoms with Crippen molar-refractivity contribution in [2.45, 2.75) is 32.4 Å². The molecule has 2 unspecified atom stereocenters. The molecule has 0 aliphatic heterocycles. The normalized spacial score (nSPS) is 13.1. The highest BCUT2D eigenvalue weighted by Gasteiger charge is 2.21. The van der Waals surface area contributed by atoms with Crippen molar-refractivity contribution in [2.75, 3.05) is 7.11 Å². The van der Waals surface area contributed by atoms with Gasteiger partial charge in [0.05, 0.1) is 25.6 Å². The predicted molar refractivity (Wildman–Crippen MR) is 105 cm³/mol. The Kier molecular flexibility index (Phi) is 5.81. The molecule has 0 saturated heterocycles. The van der Waals surface area contributed by atoms with E-state index in [0.29, 0.717) is 17.1 Å². The summed E-state index contributed by atoms with van der Waals surface area (Å²) in [6, 6.07) is 10.7. The molecule has 1 aromatic carbocycles. The molecule has 0 fully saturated rings. The van der Waals surface area contributed by atoms with Crippen molar-refractivity contribution in [3.8, 4) is 5.75 Å². The lowest BCUT2D eigenvalue weighted by Crippen LogP contribution is -2.33. The predicted octanol–water partition coefficient (Wildman–Crippen LogP) is 3.95. The maximum Gasteiger partial charge on any atom is 0.223 e. The molecule has 2 heterocycles. The van der Waals surface area contributed by atoms with E-state index in [1.165, 1.54) is 18.3 Å². The van der Waals surface area contributed by atoms with Gasteiger partial charge in [0.2, 0.25) is 11.8 Å². The van der Waals surface area contributed by atoms with E-state index in [0.717, 1.165) is 10.3 Å². The van der Waals surface area contributed by atoms with E-state index in [-0.39, 0.29) is 30.3 Å².